The molecule has 1 aromatic carbocycles. The molecule has 2 heterocycles. The second-order valence-corrected chi connectivity index (χ2v) is 7.23. The molecular weight excluding hydrogens is 321 g/mol. The van der Waals surface area contributed by atoms with Crippen LogP contribution in [-0.2, 0) is 11.3 Å². The Kier molecular flexibility index (Phi) is 5.43. The van der Waals surface area contributed by atoms with E-state index >= 15 is 0 Å². The van der Waals surface area contributed by atoms with Gasteiger partial charge < -0.3 is 15.0 Å². The molecule has 0 saturated heterocycles. The van der Waals surface area contributed by atoms with Crippen LogP contribution in [0.5, 0.6) is 0 Å². The molecule has 24 heavy (non-hydrogen) atoms. The van der Waals surface area contributed by atoms with E-state index in [0.717, 1.165) is 40.1 Å². The summed E-state index contributed by atoms with van der Waals surface area (Å²) in [6.45, 7) is 6.88. The van der Waals surface area contributed by atoms with Crippen LogP contribution >= 0.6 is 11.8 Å². The Labute approximate surface area is 147 Å². The van der Waals surface area contributed by atoms with Gasteiger partial charge in [-0.25, -0.2) is 9.97 Å². The molecule has 1 aliphatic heterocycles. The van der Waals surface area contributed by atoms with Gasteiger partial charge in [0.25, 0.3) is 0 Å². The largest absolute Gasteiger partial charge is 0.491 e. The Bertz CT molecular complexity index is 725. The molecule has 0 spiro atoms. The van der Waals surface area contributed by atoms with Gasteiger partial charge in [-0.1, -0.05) is 19.9 Å². The quantitative estimate of drug-likeness (QED) is 0.477. The maximum absolute atomic E-state index is 9.69. The highest BCUT2D eigenvalue weighted by Crippen LogP contribution is 2.29. The summed E-state index contributed by atoms with van der Waals surface area (Å²) in [6, 6.07) is 5.76. The summed E-state index contributed by atoms with van der Waals surface area (Å²) in [6.07, 6.45) is 4.11. The molecule has 1 aliphatic rings. The summed E-state index contributed by atoms with van der Waals surface area (Å²) in [4.78, 5) is 9.06. The Balaban J connectivity index is 1.78. The fourth-order valence-corrected chi connectivity index (χ4v) is 3.68. The average molecular weight is 343 g/mol. The van der Waals surface area contributed by atoms with E-state index < -0.39 is 7.12 Å². The summed E-state index contributed by atoms with van der Waals surface area (Å²) in [7, 11) is -0.812. The predicted molar refractivity (Wildman–Crippen MR) is 99.1 cm³/mol. The van der Waals surface area contributed by atoms with E-state index in [0.29, 0.717) is 17.8 Å². The summed E-state index contributed by atoms with van der Waals surface area (Å²) in [5.41, 5.74) is 3.82. The Morgan fingerprint density at radius 3 is 2.92 bits per heavy atom. The van der Waals surface area contributed by atoms with Gasteiger partial charge >= 0.3 is 7.12 Å². The standard InChI is InChI=1S/C17H22BN3O2S/c1-4-14(5-2)24-16-11(3)9-19-17(21-16)20-13-6-7-15-12(8-13)10-23-18(15)22/h6-9,14,22H,4-5,10H2,1-3H3,(H,19,20,21). The predicted octanol–water partition coefficient (Wildman–Crippen LogP) is 3.03. The van der Waals surface area contributed by atoms with Crippen molar-refractivity contribution in [3.63, 3.8) is 0 Å². The van der Waals surface area contributed by atoms with Crippen molar-refractivity contribution in [2.24, 2.45) is 0 Å². The van der Waals surface area contributed by atoms with Crippen molar-refractivity contribution in [1.29, 1.82) is 0 Å². The summed E-state index contributed by atoms with van der Waals surface area (Å²) < 4.78 is 5.22. The molecule has 0 unspecified atom stereocenters. The molecule has 7 heteroatoms. The molecule has 3 rings (SSSR count). The molecule has 0 aliphatic carbocycles. The number of aryl methyl sites for hydroxylation is 1. The van der Waals surface area contributed by atoms with Crippen LogP contribution in [0, 0.1) is 6.92 Å². The lowest BCUT2D eigenvalue weighted by Crippen LogP contribution is -2.27. The fourth-order valence-electron chi connectivity index (χ4n) is 2.66. The lowest BCUT2D eigenvalue weighted by atomic mass is 9.79. The topological polar surface area (TPSA) is 67.3 Å². The molecule has 0 fully saturated rings. The van der Waals surface area contributed by atoms with E-state index in [1.54, 1.807) is 0 Å². The molecule has 0 saturated carbocycles. The molecule has 0 atom stereocenters. The minimum absolute atomic E-state index is 0.427. The van der Waals surface area contributed by atoms with Crippen LogP contribution in [0.3, 0.4) is 0 Å². The van der Waals surface area contributed by atoms with E-state index in [1.807, 2.05) is 43.1 Å². The smallest absolute Gasteiger partial charge is 0.423 e. The molecule has 2 aromatic rings. The molecule has 2 N–H and O–H groups in total. The van der Waals surface area contributed by atoms with Crippen molar-refractivity contribution in [1.82, 2.24) is 9.97 Å². The van der Waals surface area contributed by atoms with E-state index in [9.17, 15) is 5.02 Å². The third kappa shape index (κ3) is 3.74. The number of thioether (sulfide) groups is 1. The van der Waals surface area contributed by atoms with Crippen LogP contribution in [0.25, 0.3) is 0 Å². The van der Waals surface area contributed by atoms with Crippen molar-refractivity contribution in [3.8, 4) is 0 Å². The Morgan fingerprint density at radius 2 is 2.17 bits per heavy atom. The number of nitrogens with zero attached hydrogens (tertiary/aromatic N) is 2. The number of aromatic nitrogens is 2. The first-order valence-electron chi connectivity index (χ1n) is 8.30. The summed E-state index contributed by atoms with van der Waals surface area (Å²) >= 11 is 1.82. The normalized spacial score (nSPS) is 13.5. The number of fused-ring (bicyclic) bond motifs is 1. The van der Waals surface area contributed by atoms with Crippen LogP contribution in [0.1, 0.15) is 37.8 Å². The van der Waals surface area contributed by atoms with Crippen molar-refractivity contribution >= 4 is 36.0 Å². The van der Waals surface area contributed by atoms with Crippen molar-refractivity contribution in [2.75, 3.05) is 5.32 Å². The molecule has 1 aromatic heterocycles. The third-order valence-corrected chi connectivity index (χ3v) is 5.81. The minimum atomic E-state index is -0.812. The maximum Gasteiger partial charge on any atom is 0.491 e. The van der Waals surface area contributed by atoms with Crippen LogP contribution < -0.4 is 10.8 Å². The minimum Gasteiger partial charge on any atom is -0.423 e. The van der Waals surface area contributed by atoms with Gasteiger partial charge in [-0.2, -0.15) is 0 Å². The molecule has 0 amide bonds. The zero-order chi connectivity index (χ0) is 17.1. The number of anilines is 2. The molecule has 0 radical (unpaired) electrons. The number of nitrogens with one attached hydrogen (secondary N) is 1. The van der Waals surface area contributed by atoms with Gasteiger partial charge in [0.05, 0.1) is 6.61 Å². The third-order valence-electron chi connectivity index (χ3n) is 4.18. The maximum atomic E-state index is 9.69. The highest BCUT2D eigenvalue weighted by molar-refractivity contribution is 7.99. The van der Waals surface area contributed by atoms with Gasteiger partial charge in [-0.05, 0) is 48.5 Å². The van der Waals surface area contributed by atoms with Gasteiger partial charge in [-0.3, -0.25) is 0 Å². The van der Waals surface area contributed by atoms with Crippen LogP contribution in [0.2, 0.25) is 0 Å². The van der Waals surface area contributed by atoms with Gasteiger partial charge in [0, 0.05) is 17.1 Å². The monoisotopic (exact) mass is 343 g/mol. The Hall–Kier alpha value is -1.57. The fraction of sp³-hybridized carbons (Fsp3) is 0.412. The van der Waals surface area contributed by atoms with Gasteiger partial charge in [-0.15, -0.1) is 11.8 Å². The van der Waals surface area contributed by atoms with Crippen molar-refractivity contribution in [3.05, 3.63) is 35.5 Å². The van der Waals surface area contributed by atoms with Crippen LogP contribution in [0.4, 0.5) is 11.6 Å². The summed E-state index contributed by atoms with van der Waals surface area (Å²) in [5, 5.41) is 14.5. The second kappa shape index (κ2) is 7.55. The van der Waals surface area contributed by atoms with Crippen LogP contribution in [-0.4, -0.2) is 27.4 Å². The van der Waals surface area contributed by atoms with Crippen molar-refractivity contribution < 1.29 is 9.68 Å². The number of hydrogen-bond donors (Lipinski definition) is 2. The SMILES string of the molecule is CCC(CC)Sc1nc(Nc2ccc3c(c2)COB3O)ncc1C. The zero-order valence-corrected chi connectivity index (χ0v) is 15.1. The van der Waals surface area contributed by atoms with Gasteiger partial charge in [0.2, 0.25) is 5.95 Å². The molecule has 126 valence electrons. The van der Waals surface area contributed by atoms with Crippen molar-refractivity contribution in [2.45, 2.75) is 50.5 Å². The van der Waals surface area contributed by atoms with E-state index in [4.69, 9.17) is 4.65 Å². The van der Waals surface area contributed by atoms with Crippen LogP contribution in [0.15, 0.2) is 29.4 Å². The highest BCUT2D eigenvalue weighted by Gasteiger charge is 2.27. The second-order valence-electron chi connectivity index (χ2n) is 5.94. The Morgan fingerprint density at radius 1 is 1.38 bits per heavy atom. The van der Waals surface area contributed by atoms with E-state index in [-0.39, 0.29) is 0 Å². The first-order chi connectivity index (χ1) is 11.6. The molecular formula is C17H22BN3O2S. The number of benzene rings is 1. The molecule has 5 nitrogen and oxygen atoms in total. The first-order valence-corrected chi connectivity index (χ1v) is 9.18. The van der Waals surface area contributed by atoms with E-state index in [1.165, 1.54) is 0 Å². The number of hydrogen-bond acceptors (Lipinski definition) is 6. The van der Waals surface area contributed by atoms with Gasteiger partial charge in [0.15, 0.2) is 0 Å². The molecule has 0 bridgehead atoms. The summed E-state index contributed by atoms with van der Waals surface area (Å²) in [5.74, 6) is 0.591. The van der Waals surface area contributed by atoms with Gasteiger partial charge in [0.1, 0.15) is 5.03 Å². The lowest BCUT2D eigenvalue weighted by molar-refractivity contribution is 0.275. The zero-order valence-electron chi connectivity index (χ0n) is 14.2. The number of rotatable bonds is 6. The lowest BCUT2D eigenvalue weighted by Gasteiger charge is -2.14. The first kappa shape index (κ1) is 17.3. The van der Waals surface area contributed by atoms with E-state index in [2.05, 4.69) is 29.1 Å². The highest BCUT2D eigenvalue weighted by atomic mass is 32.2. The average Bonchev–Trinajstić information content (AvgIpc) is 2.96.